The van der Waals surface area contributed by atoms with E-state index in [1.54, 1.807) is 0 Å². The average molecular weight is 328 g/mol. The fourth-order valence-corrected chi connectivity index (χ4v) is 3.27. The Labute approximate surface area is 140 Å². The van der Waals surface area contributed by atoms with Gasteiger partial charge in [0.15, 0.2) is 11.5 Å². The summed E-state index contributed by atoms with van der Waals surface area (Å²) in [6.07, 6.45) is 0.674. The lowest BCUT2D eigenvalue weighted by Gasteiger charge is -2.33. The number of nitrogens with one attached hydrogen (secondary N) is 1. The molecule has 0 aliphatic carbocycles. The molecule has 0 radical (unpaired) electrons. The maximum absolute atomic E-state index is 12.7. The number of hydrogen-bond donors (Lipinski definition) is 1. The van der Waals surface area contributed by atoms with Crippen molar-refractivity contribution < 1.29 is 14.3 Å². The highest BCUT2D eigenvalue weighted by Crippen LogP contribution is 2.33. The Morgan fingerprint density at radius 1 is 1.25 bits per heavy atom. The Kier molecular flexibility index (Phi) is 3.63. The molecule has 126 valence electrons. The monoisotopic (exact) mass is 328 g/mol. The molecule has 1 N–H and O–H groups in total. The van der Waals surface area contributed by atoms with Crippen molar-refractivity contribution in [1.82, 2.24) is 20.1 Å². The summed E-state index contributed by atoms with van der Waals surface area (Å²) in [6.45, 7) is 4.47. The molecule has 2 aliphatic rings. The van der Waals surface area contributed by atoms with E-state index in [4.69, 9.17) is 9.47 Å². The third-order valence-corrected chi connectivity index (χ3v) is 4.58. The van der Waals surface area contributed by atoms with Gasteiger partial charge < -0.3 is 19.4 Å². The zero-order chi connectivity index (χ0) is 16.7. The van der Waals surface area contributed by atoms with Crippen molar-refractivity contribution in [2.45, 2.75) is 51.5 Å². The van der Waals surface area contributed by atoms with Crippen LogP contribution in [0.1, 0.15) is 25.0 Å². The summed E-state index contributed by atoms with van der Waals surface area (Å²) in [5.41, 5.74) is 0. The van der Waals surface area contributed by atoms with E-state index in [0.29, 0.717) is 18.0 Å². The van der Waals surface area contributed by atoms with Crippen LogP contribution in [0, 0.1) is 6.92 Å². The fourth-order valence-electron chi connectivity index (χ4n) is 3.27. The Hall–Kier alpha value is -2.57. The standard InChI is InChI=1S/C17H20N4O3/c1-10-16(24-14-6-4-3-5-13(14)23-10)17(22)18-12-7-8-15-20-19-11(2)21(15)9-12/h3-6,10,12,16H,7-9H2,1-2H3,(H,18,22). The van der Waals surface area contributed by atoms with Gasteiger partial charge in [-0.15, -0.1) is 10.2 Å². The first-order chi connectivity index (χ1) is 11.6. The maximum atomic E-state index is 12.7. The summed E-state index contributed by atoms with van der Waals surface area (Å²) in [6, 6.07) is 7.46. The maximum Gasteiger partial charge on any atom is 0.265 e. The van der Waals surface area contributed by atoms with Gasteiger partial charge in [-0.3, -0.25) is 4.79 Å². The van der Waals surface area contributed by atoms with E-state index >= 15 is 0 Å². The molecule has 0 spiro atoms. The normalized spacial score (nSPS) is 25.0. The number of amides is 1. The minimum absolute atomic E-state index is 0.0488. The number of rotatable bonds is 2. The lowest BCUT2D eigenvalue weighted by atomic mass is 10.1. The van der Waals surface area contributed by atoms with Crippen LogP contribution >= 0.6 is 0 Å². The molecule has 2 aromatic rings. The topological polar surface area (TPSA) is 78.3 Å². The Balaban J connectivity index is 1.45. The predicted molar refractivity (Wildman–Crippen MR) is 86.0 cm³/mol. The summed E-state index contributed by atoms with van der Waals surface area (Å²) >= 11 is 0. The number of nitrogens with zero attached hydrogens (tertiary/aromatic N) is 3. The molecule has 3 atom stereocenters. The molecule has 0 saturated carbocycles. The summed E-state index contributed by atoms with van der Waals surface area (Å²) in [5.74, 6) is 3.00. The lowest BCUT2D eigenvalue weighted by molar-refractivity contribution is -0.134. The molecule has 1 amide bonds. The van der Waals surface area contributed by atoms with Gasteiger partial charge in [0.2, 0.25) is 6.10 Å². The summed E-state index contributed by atoms with van der Waals surface area (Å²) in [7, 11) is 0. The van der Waals surface area contributed by atoms with Crippen molar-refractivity contribution in [3.05, 3.63) is 35.9 Å². The number of aryl methyl sites for hydroxylation is 2. The van der Waals surface area contributed by atoms with Crippen LogP contribution in [0.4, 0.5) is 0 Å². The van der Waals surface area contributed by atoms with Gasteiger partial charge in [-0.2, -0.15) is 0 Å². The third-order valence-electron chi connectivity index (χ3n) is 4.58. The van der Waals surface area contributed by atoms with E-state index in [2.05, 4.69) is 20.1 Å². The van der Waals surface area contributed by atoms with Gasteiger partial charge in [0.1, 0.15) is 17.8 Å². The smallest absolute Gasteiger partial charge is 0.265 e. The molecule has 3 heterocycles. The molecule has 7 heteroatoms. The van der Waals surface area contributed by atoms with Crippen LogP contribution in [0.25, 0.3) is 0 Å². The number of ether oxygens (including phenoxy) is 2. The highest BCUT2D eigenvalue weighted by molar-refractivity contribution is 5.82. The molecule has 3 unspecified atom stereocenters. The second-order valence-electron chi connectivity index (χ2n) is 6.33. The van der Waals surface area contributed by atoms with Crippen LogP contribution < -0.4 is 14.8 Å². The van der Waals surface area contributed by atoms with Gasteiger partial charge in [0.25, 0.3) is 5.91 Å². The Morgan fingerprint density at radius 3 is 2.79 bits per heavy atom. The van der Waals surface area contributed by atoms with E-state index in [9.17, 15) is 4.79 Å². The number of benzene rings is 1. The molecule has 7 nitrogen and oxygen atoms in total. The van der Waals surface area contributed by atoms with Crippen molar-refractivity contribution in [3.8, 4) is 11.5 Å². The van der Waals surface area contributed by atoms with Crippen LogP contribution in [0.2, 0.25) is 0 Å². The average Bonchev–Trinajstić information content (AvgIpc) is 2.95. The number of fused-ring (bicyclic) bond motifs is 2. The molecule has 4 rings (SSSR count). The summed E-state index contributed by atoms with van der Waals surface area (Å²) < 4.78 is 13.7. The number of hydrogen-bond acceptors (Lipinski definition) is 5. The quantitative estimate of drug-likeness (QED) is 0.897. The predicted octanol–water partition coefficient (Wildman–Crippen LogP) is 1.25. The zero-order valence-corrected chi connectivity index (χ0v) is 13.7. The second-order valence-corrected chi connectivity index (χ2v) is 6.33. The summed E-state index contributed by atoms with van der Waals surface area (Å²) in [5, 5.41) is 11.3. The van der Waals surface area contributed by atoms with E-state index in [0.717, 1.165) is 24.5 Å². The first kappa shape index (κ1) is 15.0. The fraction of sp³-hybridized carbons (Fsp3) is 0.471. The van der Waals surface area contributed by atoms with Crippen molar-refractivity contribution in [3.63, 3.8) is 0 Å². The number of carbonyl (C=O) groups excluding carboxylic acids is 1. The Bertz CT molecular complexity index is 773. The molecule has 0 fully saturated rings. The molecule has 24 heavy (non-hydrogen) atoms. The van der Waals surface area contributed by atoms with Crippen molar-refractivity contribution in [2.24, 2.45) is 0 Å². The third kappa shape index (κ3) is 2.60. The number of carbonyl (C=O) groups is 1. The van der Waals surface area contributed by atoms with Gasteiger partial charge in [-0.1, -0.05) is 12.1 Å². The SMILES string of the molecule is Cc1nnc2n1CC(NC(=O)C1Oc3ccccc3OC1C)CC2. The second kappa shape index (κ2) is 5.81. The minimum atomic E-state index is -0.650. The Morgan fingerprint density at radius 2 is 2.00 bits per heavy atom. The first-order valence-electron chi connectivity index (χ1n) is 8.23. The van der Waals surface area contributed by atoms with Crippen LogP contribution in [0.5, 0.6) is 11.5 Å². The van der Waals surface area contributed by atoms with Gasteiger partial charge >= 0.3 is 0 Å². The largest absolute Gasteiger partial charge is 0.482 e. The molecule has 1 aromatic heterocycles. The lowest BCUT2D eigenvalue weighted by Crippen LogP contribution is -2.53. The molecule has 1 aromatic carbocycles. The highest BCUT2D eigenvalue weighted by Gasteiger charge is 2.35. The van der Waals surface area contributed by atoms with Crippen molar-refractivity contribution in [1.29, 1.82) is 0 Å². The van der Waals surface area contributed by atoms with Gasteiger partial charge in [-0.25, -0.2) is 0 Å². The first-order valence-corrected chi connectivity index (χ1v) is 8.23. The molecule has 0 saturated heterocycles. The van der Waals surface area contributed by atoms with E-state index in [1.165, 1.54) is 0 Å². The van der Waals surface area contributed by atoms with Crippen LogP contribution in [-0.4, -0.2) is 38.9 Å². The van der Waals surface area contributed by atoms with Crippen molar-refractivity contribution >= 4 is 5.91 Å². The number of para-hydroxylation sites is 2. The summed E-state index contributed by atoms with van der Waals surface area (Å²) in [4.78, 5) is 12.7. The van der Waals surface area contributed by atoms with Crippen molar-refractivity contribution in [2.75, 3.05) is 0 Å². The van der Waals surface area contributed by atoms with Crippen LogP contribution in [-0.2, 0) is 17.8 Å². The molecule has 0 bridgehead atoms. The molecule has 2 aliphatic heterocycles. The highest BCUT2D eigenvalue weighted by atomic mass is 16.6. The molecular weight excluding hydrogens is 308 g/mol. The van der Waals surface area contributed by atoms with Crippen LogP contribution in [0.15, 0.2) is 24.3 Å². The van der Waals surface area contributed by atoms with E-state index in [-0.39, 0.29) is 18.1 Å². The number of aromatic nitrogens is 3. The van der Waals surface area contributed by atoms with E-state index < -0.39 is 6.10 Å². The zero-order valence-electron chi connectivity index (χ0n) is 13.7. The van der Waals surface area contributed by atoms with Gasteiger partial charge in [-0.05, 0) is 32.4 Å². The molecular formula is C17H20N4O3. The van der Waals surface area contributed by atoms with Gasteiger partial charge in [0.05, 0.1) is 0 Å². The van der Waals surface area contributed by atoms with Crippen LogP contribution in [0.3, 0.4) is 0 Å². The van der Waals surface area contributed by atoms with E-state index in [1.807, 2.05) is 38.1 Å². The van der Waals surface area contributed by atoms with Gasteiger partial charge in [0, 0.05) is 19.0 Å². The minimum Gasteiger partial charge on any atom is -0.482 e.